The van der Waals surface area contributed by atoms with Crippen molar-refractivity contribution in [1.29, 1.82) is 0 Å². The van der Waals surface area contributed by atoms with Gasteiger partial charge in [0, 0.05) is 44.5 Å². The van der Waals surface area contributed by atoms with Gasteiger partial charge in [0.15, 0.2) is 0 Å². The lowest BCUT2D eigenvalue weighted by atomic mass is 10.1. The molecular formula is C19H27N5O2. The third-order valence-electron chi connectivity index (χ3n) is 4.43. The lowest BCUT2D eigenvalue weighted by molar-refractivity contribution is 0.0398. The summed E-state index contributed by atoms with van der Waals surface area (Å²) >= 11 is 0. The van der Waals surface area contributed by atoms with Crippen molar-refractivity contribution in [3.63, 3.8) is 0 Å². The van der Waals surface area contributed by atoms with Crippen molar-refractivity contribution >= 4 is 11.8 Å². The van der Waals surface area contributed by atoms with Gasteiger partial charge in [-0.2, -0.15) is 4.98 Å². The highest BCUT2D eigenvalue weighted by molar-refractivity contribution is 5.46. The summed E-state index contributed by atoms with van der Waals surface area (Å²) in [6.45, 7) is 8.16. The molecule has 140 valence electrons. The van der Waals surface area contributed by atoms with Crippen LogP contribution in [0.1, 0.15) is 11.1 Å². The minimum absolute atomic E-state index is 0.293. The fourth-order valence-electron chi connectivity index (χ4n) is 2.84. The molecule has 1 aliphatic rings. The van der Waals surface area contributed by atoms with Crippen molar-refractivity contribution in [3.05, 3.63) is 41.6 Å². The van der Waals surface area contributed by atoms with Crippen molar-refractivity contribution in [3.8, 4) is 5.75 Å². The van der Waals surface area contributed by atoms with Crippen LogP contribution in [0.5, 0.6) is 5.75 Å². The molecule has 7 heteroatoms. The number of phenols is 1. The third kappa shape index (κ3) is 5.57. The van der Waals surface area contributed by atoms with Gasteiger partial charge in [-0.3, -0.25) is 4.90 Å². The summed E-state index contributed by atoms with van der Waals surface area (Å²) in [6.07, 6.45) is 2.70. The number of anilines is 2. The maximum Gasteiger partial charge on any atom is 0.224 e. The number of morpholine rings is 1. The number of ether oxygens (including phenoxy) is 1. The highest BCUT2D eigenvalue weighted by Crippen LogP contribution is 2.14. The van der Waals surface area contributed by atoms with Gasteiger partial charge >= 0.3 is 0 Å². The number of nitrogens with one attached hydrogen (secondary N) is 2. The molecule has 0 spiro atoms. The maximum absolute atomic E-state index is 9.33. The fourth-order valence-corrected chi connectivity index (χ4v) is 2.84. The number of nitrogens with zero attached hydrogens (tertiary/aromatic N) is 3. The van der Waals surface area contributed by atoms with Crippen LogP contribution in [-0.4, -0.2) is 65.9 Å². The predicted octanol–water partition coefficient (Wildman–Crippen LogP) is 1.89. The van der Waals surface area contributed by atoms with Crippen LogP contribution in [0.2, 0.25) is 0 Å². The molecule has 0 bridgehead atoms. The second-order valence-corrected chi connectivity index (χ2v) is 6.45. The highest BCUT2D eigenvalue weighted by Gasteiger charge is 2.10. The van der Waals surface area contributed by atoms with Crippen LogP contribution in [0.15, 0.2) is 30.5 Å². The normalized spacial score (nSPS) is 15.0. The molecule has 7 nitrogen and oxygen atoms in total. The zero-order chi connectivity index (χ0) is 18.2. The van der Waals surface area contributed by atoms with Crippen molar-refractivity contribution in [2.45, 2.75) is 13.3 Å². The molecule has 0 saturated carbocycles. The van der Waals surface area contributed by atoms with Gasteiger partial charge < -0.3 is 20.5 Å². The smallest absolute Gasteiger partial charge is 0.224 e. The maximum atomic E-state index is 9.33. The number of aromatic nitrogens is 2. The van der Waals surface area contributed by atoms with Crippen LogP contribution < -0.4 is 10.6 Å². The summed E-state index contributed by atoms with van der Waals surface area (Å²) in [5.74, 6) is 1.80. The molecular weight excluding hydrogens is 330 g/mol. The SMILES string of the molecule is Cc1cnc(NCCN2CCOCC2)nc1NCCc1ccc(O)cc1. The number of phenolic OH excluding ortho intramolecular Hbond substituents is 1. The molecule has 0 unspecified atom stereocenters. The average Bonchev–Trinajstić information content (AvgIpc) is 2.66. The Balaban J connectivity index is 1.46. The minimum Gasteiger partial charge on any atom is -0.508 e. The topological polar surface area (TPSA) is 82.5 Å². The average molecular weight is 357 g/mol. The lowest BCUT2D eigenvalue weighted by Crippen LogP contribution is -2.39. The van der Waals surface area contributed by atoms with E-state index in [-0.39, 0.29) is 0 Å². The van der Waals surface area contributed by atoms with Gasteiger partial charge in [-0.05, 0) is 31.0 Å². The zero-order valence-electron chi connectivity index (χ0n) is 15.2. The molecule has 0 amide bonds. The Labute approximate surface area is 154 Å². The standard InChI is InChI=1S/C19H27N5O2/c1-15-14-22-19(21-8-9-24-10-12-26-13-11-24)23-18(15)20-7-6-16-2-4-17(25)5-3-16/h2-5,14,25H,6-13H2,1H3,(H2,20,21,22,23). The van der Waals surface area contributed by atoms with Gasteiger partial charge in [0.05, 0.1) is 13.2 Å². The first-order valence-corrected chi connectivity index (χ1v) is 9.10. The van der Waals surface area contributed by atoms with E-state index >= 15 is 0 Å². The predicted molar refractivity (Wildman–Crippen MR) is 103 cm³/mol. The van der Waals surface area contributed by atoms with Crippen molar-refractivity contribution in [2.75, 3.05) is 56.6 Å². The molecule has 0 aliphatic carbocycles. The van der Waals surface area contributed by atoms with Crippen LogP contribution in [-0.2, 0) is 11.2 Å². The third-order valence-corrected chi connectivity index (χ3v) is 4.43. The van der Waals surface area contributed by atoms with Crippen LogP contribution in [0, 0.1) is 6.92 Å². The van der Waals surface area contributed by atoms with E-state index in [1.54, 1.807) is 12.1 Å². The lowest BCUT2D eigenvalue weighted by Gasteiger charge is -2.26. The first-order chi connectivity index (χ1) is 12.7. The molecule has 0 atom stereocenters. The fraction of sp³-hybridized carbons (Fsp3) is 0.474. The Morgan fingerprint density at radius 3 is 2.65 bits per heavy atom. The van der Waals surface area contributed by atoms with E-state index in [2.05, 4.69) is 25.5 Å². The van der Waals surface area contributed by atoms with Gasteiger partial charge in [-0.15, -0.1) is 0 Å². The van der Waals surface area contributed by atoms with Crippen LogP contribution >= 0.6 is 0 Å². The van der Waals surface area contributed by atoms with Crippen molar-refractivity contribution < 1.29 is 9.84 Å². The molecule has 1 fully saturated rings. The number of benzene rings is 1. The summed E-state index contributed by atoms with van der Waals surface area (Å²) in [4.78, 5) is 11.3. The van der Waals surface area contributed by atoms with Crippen LogP contribution in [0.25, 0.3) is 0 Å². The molecule has 26 heavy (non-hydrogen) atoms. The van der Waals surface area contributed by atoms with Gasteiger partial charge in [0.25, 0.3) is 0 Å². The Hall–Kier alpha value is -2.38. The summed E-state index contributed by atoms with van der Waals surface area (Å²) < 4.78 is 5.36. The summed E-state index contributed by atoms with van der Waals surface area (Å²) in [6, 6.07) is 7.29. The molecule has 1 aromatic heterocycles. The molecule has 1 aliphatic heterocycles. The minimum atomic E-state index is 0.293. The van der Waals surface area contributed by atoms with Gasteiger partial charge in [-0.1, -0.05) is 12.1 Å². The number of aromatic hydroxyl groups is 1. The summed E-state index contributed by atoms with van der Waals surface area (Å²) in [5.41, 5.74) is 2.19. The quantitative estimate of drug-likeness (QED) is 0.665. The molecule has 1 aromatic carbocycles. The second kappa shape index (κ2) is 9.35. The van der Waals surface area contributed by atoms with Crippen LogP contribution in [0.3, 0.4) is 0 Å². The number of aryl methyl sites for hydroxylation is 1. The summed E-state index contributed by atoms with van der Waals surface area (Å²) in [5, 5.41) is 16.0. The molecule has 3 N–H and O–H groups in total. The van der Waals surface area contributed by atoms with Crippen LogP contribution in [0.4, 0.5) is 11.8 Å². The van der Waals surface area contributed by atoms with E-state index in [1.165, 1.54) is 5.56 Å². The Kier molecular flexibility index (Phi) is 6.62. The first kappa shape index (κ1) is 18.4. The van der Waals surface area contributed by atoms with E-state index in [1.807, 2.05) is 25.3 Å². The molecule has 0 radical (unpaired) electrons. The number of rotatable bonds is 8. The monoisotopic (exact) mass is 357 g/mol. The second-order valence-electron chi connectivity index (χ2n) is 6.45. The number of hydrogen-bond acceptors (Lipinski definition) is 7. The van der Waals surface area contributed by atoms with E-state index in [0.29, 0.717) is 11.7 Å². The van der Waals surface area contributed by atoms with Gasteiger partial charge in [0.1, 0.15) is 11.6 Å². The molecule has 2 aromatic rings. The van der Waals surface area contributed by atoms with Crippen molar-refractivity contribution in [1.82, 2.24) is 14.9 Å². The van der Waals surface area contributed by atoms with E-state index < -0.39 is 0 Å². The Bertz CT molecular complexity index is 687. The van der Waals surface area contributed by atoms with E-state index in [0.717, 1.165) is 63.7 Å². The molecule has 2 heterocycles. The Morgan fingerprint density at radius 2 is 1.88 bits per heavy atom. The molecule has 3 rings (SSSR count). The van der Waals surface area contributed by atoms with Crippen molar-refractivity contribution in [2.24, 2.45) is 0 Å². The highest BCUT2D eigenvalue weighted by atomic mass is 16.5. The molecule has 1 saturated heterocycles. The van der Waals surface area contributed by atoms with E-state index in [4.69, 9.17) is 4.74 Å². The van der Waals surface area contributed by atoms with E-state index in [9.17, 15) is 5.11 Å². The Morgan fingerprint density at radius 1 is 1.12 bits per heavy atom. The largest absolute Gasteiger partial charge is 0.508 e. The first-order valence-electron chi connectivity index (χ1n) is 9.10. The van der Waals surface area contributed by atoms with Gasteiger partial charge in [-0.25, -0.2) is 4.98 Å². The van der Waals surface area contributed by atoms with Gasteiger partial charge in [0.2, 0.25) is 5.95 Å². The number of hydrogen-bond donors (Lipinski definition) is 3. The summed E-state index contributed by atoms with van der Waals surface area (Å²) in [7, 11) is 0. The zero-order valence-corrected chi connectivity index (χ0v) is 15.2.